The fraction of sp³-hybridized carbons (Fsp3) is 0.625. The summed E-state index contributed by atoms with van der Waals surface area (Å²) in [6.07, 6.45) is 1.18. The van der Waals surface area contributed by atoms with Gasteiger partial charge in [-0.3, -0.25) is 9.48 Å². The molecule has 0 aliphatic carbocycles. The molecule has 0 aromatic carbocycles. The van der Waals surface area contributed by atoms with Gasteiger partial charge in [-0.1, -0.05) is 5.21 Å². The lowest BCUT2D eigenvalue weighted by Gasteiger charge is -2.21. The van der Waals surface area contributed by atoms with Crippen molar-refractivity contribution >= 4 is 5.78 Å². The molecular formula is C8H12N4O2. The number of hydrogen-bond donors (Lipinski definition) is 1. The van der Waals surface area contributed by atoms with Crippen molar-refractivity contribution in [2.75, 3.05) is 19.7 Å². The van der Waals surface area contributed by atoms with E-state index in [9.17, 15) is 4.79 Å². The lowest BCUT2D eigenvalue weighted by atomic mass is 10.1. The molecule has 1 saturated heterocycles. The van der Waals surface area contributed by atoms with Crippen molar-refractivity contribution in [2.45, 2.75) is 6.10 Å². The first kappa shape index (κ1) is 9.29. The Labute approximate surface area is 81.2 Å². The van der Waals surface area contributed by atoms with E-state index in [1.165, 1.54) is 4.68 Å². The molecule has 0 spiro atoms. The van der Waals surface area contributed by atoms with E-state index < -0.39 is 6.10 Å². The van der Waals surface area contributed by atoms with E-state index >= 15 is 0 Å². The molecule has 0 radical (unpaired) electrons. The number of nitrogens with one attached hydrogen (secondary N) is 1. The molecule has 6 heteroatoms. The largest absolute Gasteiger partial charge is 0.367 e. The first-order chi connectivity index (χ1) is 6.77. The van der Waals surface area contributed by atoms with E-state index in [1.807, 2.05) is 0 Å². The van der Waals surface area contributed by atoms with Crippen LogP contribution in [0.25, 0.3) is 0 Å². The van der Waals surface area contributed by atoms with Gasteiger partial charge < -0.3 is 10.1 Å². The van der Waals surface area contributed by atoms with Crippen molar-refractivity contribution in [2.24, 2.45) is 7.05 Å². The number of ketones is 1. The lowest BCUT2D eigenvalue weighted by molar-refractivity contribution is 0.0265. The number of rotatable bonds is 2. The zero-order chi connectivity index (χ0) is 9.97. The highest BCUT2D eigenvalue weighted by molar-refractivity contribution is 5.97. The van der Waals surface area contributed by atoms with Gasteiger partial charge in [-0.2, -0.15) is 0 Å². The molecule has 0 saturated carbocycles. The molecule has 1 aliphatic rings. The standard InChI is InChI=1S/C8H12N4O2/c1-12-5-6(10-11-12)8(13)7-4-9-2-3-14-7/h5,7,9H,2-4H2,1H3. The van der Waals surface area contributed by atoms with Gasteiger partial charge in [0, 0.05) is 20.1 Å². The molecule has 0 bridgehead atoms. The quantitative estimate of drug-likeness (QED) is 0.613. The molecule has 76 valence electrons. The van der Waals surface area contributed by atoms with Crippen LogP contribution < -0.4 is 5.32 Å². The van der Waals surface area contributed by atoms with Crippen LogP contribution in [-0.2, 0) is 11.8 Å². The SMILES string of the molecule is Cn1cc(C(=O)C2CNCCO2)nn1. The fourth-order valence-corrected chi connectivity index (χ4v) is 1.36. The maximum absolute atomic E-state index is 11.7. The van der Waals surface area contributed by atoms with Gasteiger partial charge in [0.05, 0.1) is 12.8 Å². The average Bonchev–Trinajstić information content (AvgIpc) is 2.65. The van der Waals surface area contributed by atoms with E-state index in [4.69, 9.17) is 4.74 Å². The number of hydrogen-bond acceptors (Lipinski definition) is 5. The van der Waals surface area contributed by atoms with Crippen LogP contribution in [0.2, 0.25) is 0 Å². The number of carbonyl (C=O) groups excluding carboxylic acids is 1. The van der Waals surface area contributed by atoms with Crippen LogP contribution in [0.5, 0.6) is 0 Å². The van der Waals surface area contributed by atoms with Crippen molar-refractivity contribution in [3.8, 4) is 0 Å². The minimum absolute atomic E-state index is 0.106. The Morgan fingerprint density at radius 1 is 1.79 bits per heavy atom. The Morgan fingerprint density at radius 2 is 2.64 bits per heavy atom. The number of nitrogens with zero attached hydrogens (tertiary/aromatic N) is 3. The third kappa shape index (κ3) is 1.80. The highest BCUT2D eigenvalue weighted by atomic mass is 16.5. The second-order valence-electron chi connectivity index (χ2n) is 3.21. The highest BCUT2D eigenvalue weighted by Crippen LogP contribution is 2.04. The molecule has 1 unspecified atom stereocenters. The monoisotopic (exact) mass is 196 g/mol. The van der Waals surface area contributed by atoms with E-state index in [-0.39, 0.29) is 5.78 Å². The number of aryl methyl sites for hydroxylation is 1. The molecule has 1 aromatic rings. The summed E-state index contributed by atoms with van der Waals surface area (Å²) in [6, 6.07) is 0. The molecule has 1 atom stereocenters. The minimum atomic E-state index is -0.416. The molecule has 14 heavy (non-hydrogen) atoms. The normalized spacial score (nSPS) is 22.2. The summed E-state index contributed by atoms with van der Waals surface area (Å²) in [6.45, 7) is 1.91. The van der Waals surface area contributed by atoms with E-state index in [0.29, 0.717) is 18.8 Å². The van der Waals surface area contributed by atoms with Crippen LogP contribution >= 0.6 is 0 Å². The van der Waals surface area contributed by atoms with Crippen LogP contribution in [0.3, 0.4) is 0 Å². The van der Waals surface area contributed by atoms with Crippen molar-refractivity contribution in [1.29, 1.82) is 0 Å². The van der Waals surface area contributed by atoms with Gasteiger partial charge in [0.25, 0.3) is 0 Å². The van der Waals surface area contributed by atoms with E-state index in [0.717, 1.165) is 6.54 Å². The van der Waals surface area contributed by atoms with Gasteiger partial charge >= 0.3 is 0 Å². The third-order valence-corrected chi connectivity index (χ3v) is 2.08. The average molecular weight is 196 g/mol. The Balaban J connectivity index is 2.07. The van der Waals surface area contributed by atoms with Crippen LogP contribution in [0.4, 0.5) is 0 Å². The molecule has 2 rings (SSSR count). The van der Waals surface area contributed by atoms with Gasteiger partial charge in [0.1, 0.15) is 6.10 Å². The fourth-order valence-electron chi connectivity index (χ4n) is 1.36. The first-order valence-electron chi connectivity index (χ1n) is 4.50. The Kier molecular flexibility index (Phi) is 2.55. The molecule has 2 heterocycles. The van der Waals surface area contributed by atoms with Crippen molar-refractivity contribution in [3.63, 3.8) is 0 Å². The molecule has 1 aromatic heterocycles. The van der Waals surface area contributed by atoms with E-state index in [1.54, 1.807) is 13.2 Å². The molecule has 6 nitrogen and oxygen atoms in total. The predicted octanol–water partition coefficient (Wildman–Crippen LogP) is -1.01. The van der Waals surface area contributed by atoms with Gasteiger partial charge in [-0.05, 0) is 0 Å². The Hall–Kier alpha value is -1.27. The molecule has 1 N–H and O–H groups in total. The number of Topliss-reactive ketones (excluding diaryl/α,β-unsaturated/α-hetero) is 1. The number of aromatic nitrogens is 3. The second kappa shape index (κ2) is 3.85. The third-order valence-electron chi connectivity index (χ3n) is 2.08. The molecule has 1 aliphatic heterocycles. The van der Waals surface area contributed by atoms with Crippen molar-refractivity contribution < 1.29 is 9.53 Å². The van der Waals surface area contributed by atoms with Crippen LogP contribution in [0.15, 0.2) is 6.20 Å². The summed E-state index contributed by atoms with van der Waals surface area (Å²) < 4.78 is 6.82. The molecular weight excluding hydrogens is 184 g/mol. The number of carbonyl (C=O) groups is 1. The van der Waals surface area contributed by atoms with Crippen LogP contribution in [0.1, 0.15) is 10.5 Å². The topological polar surface area (TPSA) is 69.0 Å². The highest BCUT2D eigenvalue weighted by Gasteiger charge is 2.24. The molecule has 0 amide bonds. The molecule has 1 fully saturated rings. The zero-order valence-electron chi connectivity index (χ0n) is 7.93. The minimum Gasteiger partial charge on any atom is -0.367 e. The smallest absolute Gasteiger partial charge is 0.214 e. The summed E-state index contributed by atoms with van der Waals surface area (Å²) in [7, 11) is 1.73. The zero-order valence-corrected chi connectivity index (χ0v) is 7.93. The summed E-state index contributed by atoms with van der Waals surface area (Å²) in [5, 5.41) is 10.5. The Bertz CT molecular complexity index is 330. The lowest BCUT2D eigenvalue weighted by Crippen LogP contribution is -2.43. The summed E-state index contributed by atoms with van der Waals surface area (Å²) in [4.78, 5) is 11.7. The van der Waals surface area contributed by atoms with Gasteiger partial charge in [0.15, 0.2) is 5.69 Å². The van der Waals surface area contributed by atoms with Gasteiger partial charge in [-0.15, -0.1) is 5.10 Å². The first-order valence-corrected chi connectivity index (χ1v) is 4.50. The van der Waals surface area contributed by atoms with Crippen LogP contribution in [0, 0.1) is 0 Å². The number of morpholine rings is 1. The van der Waals surface area contributed by atoms with Crippen LogP contribution in [-0.4, -0.2) is 46.6 Å². The second-order valence-corrected chi connectivity index (χ2v) is 3.21. The number of ether oxygens (including phenoxy) is 1. The Morgan fingerprint density at radius 3 is 3.21 bits per heavy atom. The van der Waals surface area contributed by atoms with Gasteiger partial charge in [0.2, 0.25) is 5.78 Å². The maximum atomic E-state index is 11.7. The summed E-state index contributed by atoms with van der Waals surface area (Å²) in [5.74, 6) is -0.106. The van der Waals surface area contributed by atoms with Gasteiger partial charge in [-0.25, -0.2) is 0 Å². The van der Waals surface area contributed by atoms with Crippen molar-refractivity contribution in [1.82, 2.24) is 20.3 Å². The van der Waals surface area contributed by atoms with Crippen molar-refractivity contribution in [3.05, 3.63) is 11.9 Å². The summed E-state index contributed by atoms with van der Waals surface area (Å²) >= 11 is 0. The van der Waals surface area contributed by atoms with E-state index in [2.05, 4.69) is 15.6 Å². The summed E-state index contributed by atoms with van der Waals surface area (Å²) in [5.41, 5.74) is 0.362. The maximum Gasteiger partial charge on any atom is 0.214 e. The predicted molar refractivity (Wildman–Crippen MR) is 47.9 cm³/mol.